The van der Waals surface area contributed by atoms with Crippen molar-refractivity contribution in [1.29, 1.82) is 0 Å². The second-order valence-corrected chi connectivity index (χ2v) is 6.27. The van der Waals surface area contributed by atoms with E-state index in [0.717, 1.165) is 19.6 Å². The van der Waals surface area contributed by atoms with Crippen LogP contribution in [0.25, 0.3) is 0 Å². The molecule has 2 aromatic carbocycles. The Labute approximate surface area is 122 Å². The second kappa shape index (κ2) is 5.94. The predicted molar refractivity (Wildman–Crippen MR) is 79.0 cm³/mol. The van der Waals surface area contributed by atoms with Gasteiger partial charge in [-0.05, 0) is 58.4 Å². The standard InChI is InChI=1S/C13H10Br2OS/c1-16-13-8-11(6-7-12(13)15)17-10-4-2-9(14)3-5-10/h2-8H,1H3. The maximum absolute atomic E-state index is 5.27. The Hall–Kier alpha value is -0.450. The lowest BCUT2D eigenvalue weighted by molar-refractivity contribution is 0.411. The number of halogens is 2. The van der Waals surface area contributed by atoms with Gasteiger partial charge in [-0.1, -0.05) is 27.7 Å². The van der Waals surface area contributed by atoms with Gasteiger partial charge in [0.1, 0.15) is 5.75 Å². The van der Waals surface area contributed by atoms with Gasteiger partial charge < -0.3 is 4.74 Å². The molecule has 0 aliphatic heterocycles. The summed E-state index contributed by atoms with van der Waals surface area (Å²) in [6, 6.07) is 14.3. The zero-order valence-corrected chi connectivity index (χ0v) is 13.1. The van der Waals surface area contributed by atoms with E-state index in [2.05, 4.69) is 50.1 Å². The summed E-state index contributed by atoms with van der Waals surface area (Å²) < 4.78 is 7.34. The van der Waals surface area contributed by atoms with Gasteiger partial charge in [0, 0.05) is 14.3 Å². The Morgan fingerprint density at radius 3 is 2.24 bits per heavy atom. The monoisotopic (exact) mass is 372 g/mol. The molecule has 4 heteroatoms. The molecular weight excluding hydrogens is 364 g/mol. The number of rotatable bonds is 3. The van der Waals surface area contributed by atoms with Gasteiger partial charge in [0.15, 0.2) is 0 Å². The van der Waals surface area contributed by atoms with Crippen LogP contribution in [-0.4, -0.2) is 7.11 Å². The topological polar surface area (TPSA) is 9.23 Å². The molecule has 0 N–H and O–H groups in total. The van der Waals surface area contributed by atoms with Crippen LogP contribution >= 0.6 is 43.6 Å². The zero-order valence-electron chi connectivity index (χ0n) is 9.11. The molecular formula is C13H10Br2OS. The molecule has 2 aromatic rings. The van der Waals surface area contributed by atoms with Gasteiger partial charge in [-0.25, -0.2) is 0 Å². The summed E-state index contributed by atoms with van der Waals surface area (Å²) in [6.07, 6.45) is 0. The minimum Gasteiger partial charge on any atom is -0.496 e. The van der Waals surface area contributed by atoms with Crippen LogP contribution in [0.1, 0.15) is 0 Å². The van der Waals surface area contributed by atoms with E-state index < -0.39 is 0 Å². The lowest BCUT2D eigenvalue weighted by Crippen LogP contribution is -1.84. The normalized spacial score (nSPS) is 10.3. The van der Waals surface area contributed by atoms with E-state index in [1.807, 2.05) is 24.3 Å². The minimum atomic E-state index is 0.854. The number of hydrogen-bond donors (Lipinski definition) is 0. The summed E-state index contributed by atoms with van der Waals surface area (Å²) in [6.45, 7) is 0. The van der Waals surface area contributed by atoms with E-state index in [1.54, 1.807) is 18.9 Å². The highest BCUT2D eigenvalue weighted by Gasteiger charge is 2.03. The maximum atomic E-state index is 5.27. The van der Waals surface area contributed by atoms with Crippen molar-refractivity contribution in [2.24, 2.45) is 0 Å². The molecule has 88 valence electrons. The average Bonchev–Trinajstić information content (AvgIpc) is 2.34. The first-order valence-electron chi connectivity index (χ1n) is 4.96. The van der Waals surface area contributed by atoms with Gasteiger partial charge in [-0.3, -0.25) is 0 Å². The molecule has 0 fully saturated rings. The third-order valence-electron chi connectivity index (χ3n) is 2.17. The summed E-state index contributed by atoms with van der Waals surface area (Å²) in [5.74, 6) is 0.854. The summed E-state index contributed by atoms with van der Waals surface area (Å²) in [7, 11) is 1.67. The summed E-state index contributed by atoms with van der Waals surface area (Å²) in [5.41, 5.74) is 0. The van der Waals surface area contributed by atoms with Crippen molar-refractivity contribution in [3.05, 3.63) is 51.4 Å². The molecule has 0 bridgehead atoms. The van der Waals surface area contributed by atoms with Gasteiger partial charge in [0.2, 0.25) is 0 Å². The van der Waals surface area contributed by atoms with Gasteiger partial charge >= 0.3 is 0 Å². The highest BCUT2D eigenvalue weighted by atomic mass is 79.9. The van der Waals surface area contributed by atoms with Gasteiger partial charge in [0.05, 0.1) is 11.6 Å². The van der Waals surface area contributed by atoms with Crippen LogP contribution in [0.4, 0.5) is 0 Å². The predicted octanol–water partition coefficient (Wildman–Crippen LogP) is 5.37. The first-order chi connectivity index (χ1) is 8.19. The lowest BCUT2D eigenvalue weighted by Gasteiger charge is -2.06. The molecule has 1 nitrogen and oxygen atoms in total. The van der Waals surface area contributed by atoms with Crippen molar-refractivity contribution in [3.63, 3.8) is 0 Å². The molecule has 0 aromatic heterocycles. The largest absolute Gasteiger partial charge is 0.496 e. The van der Waals surface area contributed by atoms with Crippen molar-refractivity contribution >= 4 is 43.6 Å². The number of benzene rings is 2. The van der Waals surface area contributed by atoms with E-state index in [-0.39, 0.29) is 0 Å². The summed E-state index contributed by atoms with van der Waals surface area (Å²) in [5, 5.41) is 0. The van der Waals surface area contributed by atoms with Gasteiger partial charge in [-0.15, -0.1) is 0 Å². The molecule has 0 spiro atoms. The lowest BCUT2D eigenvalue weighted by atomic mass is 10.3. The zero-order chi connectivity index (χ0) is 12.3. The third-order valence-corrected chi connectivity index (χ3v) is 4.35. The Bertz CT molecular complexity index is 511. The van der Waals surface area contributed by atoms with Crippen LogP contribution in [0, 0.1) is 0 Å². The third kappa shape index (κ3) is 3.50. The second-order valence-electron chi connectivity index (χ2n) is 3.35. The first-order valence-corrected chi connectivity index (χ1v) is 7.36. The van der Waals surface area contributed by atoms with Crippen molar-refractivity contribution in [1.82, 2.24) is 0 Å². The molecule has 0 aliphatic rings. The van der Waals surface area contributed by atoms with Crippen LogP contribution in [-0.2, 0) is 0 Å². The van der Waals surface area contributed by atoms with Crippen LogP contribution in [0.3, 0.4) is 0 Å². The van der Waals surface area contributed by atoms with E-state index in [1.165, 1.54) is 4.90 Å². The fraction of sp³-hybridized carbons (Fsp3) is 0.0769. The average molecular weight is 374 g/mol. The Morgan fingerprint density at radius 2 is 1.59 bits per heavy atom. The molecule has 0 saturated carbocycles. The number of methoxy groups -OCH3 is 1. The van der Waals surface area contributed by atoms with E-state index in [0.29, 0.717) is 0 Å². The van der Waals surface area contributed by atoms with Gasteiger partial charge in [-0.2, -0.15) is 0 Å². The van der Waals surface area contributed by atoms with E-state index in [4.69, 9.17) is 4.74 Å². The molecule has 2 rings (SSSR count). The summed E-state index contributed by atoms with van der Waals surface area (Å²) >= 11 is 8.59. The van der Waals surface area contributed by atoms with E-state index in [9.17, 15) is 0 Å². The van der Waals surface area contributed by atoms with Crippen molar-refractivity contribution < 1.29 is 4.74 Å². The van der Waals surface area contributed by atoms with Crippen molar-refractivity contribution in [2.75, 3.05) is 7.11 Å². The highest BCUT2D eigenvalue weighted by Crippen LogP contribution is 2.34. The Morgan fingerprint density at radius 1 is 0.941 bits per heavy atom. The minimum absolute atomic E-state index is 0.854. The van der Waals surface area contributed by atoms with Crippen molar-refractivity contribution in [3.8, 4) is 5.75 Å². The van der Waals surface area contributed by atoms with Crippen LogP contribution < -0.4 is 4.74 Å². The highest BCUT2D eigenvalue weighted by molar-refractivity contribution is 9.10. The quantitative estimate of drug-likeness (QED) is 0.715. The van der Waals surface area contributed by atoms with E-state index >= 15 is 0 Å². The van der Waals surface area contributed by atoms with Crippen LogP contribution in [0.2, 0.25) is 0 Å². The number of hydrogen-bond acceptors (Lipinski definition) is 2. The molecule has 0 saturated heterocycles. The SMILES string of the molecule is COc1cc(Sc2ccc(Br)cc2)ccc1Br. The van der Waals surface area contributed by atoms with Crippen molar-refractivity contribution in [2.45, 2.75) is 9.79 Å². The molecule has 0 radical (unpaired) electrons. The molecule has 0 amide bonds. The molecule has 0 aliphatic carbocycles. The summed E-state index contributed by atoms with van der Waals surface area (Å²) in [4.78, 5) is 2.37. The maximum Gasteiger partial charge on any atom is 0.134 e. The first kappa shape index (κ1) is 13.0. The van der Waals surface area contributed by atoms with Crippen LogP contribution in [0.5, 0.6) is 5.75 Å². The fourth-order valence-electron chi connectivity index (χ4n) is 1.34. The Balaban J connectivity index is 2.21. The molecule has 0 atom stereocenters. The Kier molecular flexibility index (Phi) is 4.54. The molecule has 17 heavy (non-hydrogen) atoms. The van der Waals surface area contributed by atoms with Gasteiger partial charge in [0.25, 0.3) is 0 Å². The van der Waals surface area contributed by atoms with Crippen LogP contribution in [0.15, 0.2) is 61.2 Å². The molecule has 0 heterocycles. The fourth-order valence-corrected chi connectivity index (χ4v) is 2.86. The molecule has 0 unspecified atom stereocenters. The smallest absolute Gasteiger partial charge is 0.134 e. The number of ether oxygens (including phenoxy) is 1.